The second-order valence-electron chi connectivity index (χ2n) is 8.09. The lowest BCUT2D eigenvalue weighted by Gasteiger charge is -2.34. The molecule has 1 fully saturated rings. The predicted molar refractivity (Wildman–Crippen MR) is 132 cm³/mol. The number of pyridine rings is 1. The molecule has 178 valence electrons. The maximum atomic E-state index is 13.6. The molecule has 0 radical (unpaired) electrons. The topological polar surface area (TPSA) is 89.7 Å². The Balaban J connectivity index is 1.80. The molecule has 1 aliphatic rings. The lowest BCUT2D eigenvalue weighted by molar-refractivity contribution is 0.102. The Morgan fingerprint density at radius 2 is 1.79 bits per heavy atom. The highest BCUT2D eigenvalue weighted by molar-refractivity contribution is 6.31. The van der Waals surface area contributed by atoms with E-state index in [0.717, 1.165) is 29.7 Å². The van der Waals surface area contributed by atoms with Crippen molar-refractivity contribution in [2.24, 2.45) is 5.73 Å². The summed E-state index contributed by atoms with van der Waals surface area (Å²) < 4.78 is 24.5. The van der Waals surface area contributed by atoms with Crippen LogP contribution in [0.15, 0.2) is 48.8 Å². The van der Waals surface area contributed by atoms with Gasteiger partial charge in [0.2, 0.25) is 0 Å². The van der Waals surface area contributed by atoms with Crippen LogP contribution in [0, 0.1) is 5.82 Å². The Bertz CT molecular complexity index is 1180. The first-order chi connectivity index (χ1) is 16.4. The molecular formula is C25H26ClFN4O3. The van der Waals surface area contributed by atoms with Crippen LogP contribution in [0.25, 0.3) is 11.1 Å². The minimum atomic E-state index is -0.555. The highest BCUT2D eigenvalue weighted by Gasteiger charge is 2.26. The average Bonchev–Trinajstić information content (AvgIpc) is 2.86. The maximum Gasteiger partial charge on any atom is 0.259 e. The number of aromatic nitrogens is 1. The van der Waals surface area contributed by atoms with Crippen molar-refractivity contribution in [3.05, 3.63) is 65.2 Å². The molecule has 1 aromatic heterocycles. The van der Waals surface area contributed by atoms with Crippen molar-refractivity contribution in [1.82, 2.24) is 4.98 Å². The van der Waals surface area contributed by atoms with E-state index in [0.29, 0.717) is 35.8 Å². The van der Waals surface area contributed by atoms with Gasteiger partial charge in [-0.1, -0.05) is 11.6 Å². The number of nitrogens with one attached hydrogen (secondary N) is 1. The zero-order valence-electron chi connectivity index (χ0n) is 19.0. The van der Waals surface area contributed by atoms with Gasteiger partial charge in [0.25, 0.3) is 5.91 Å². The van der Waals surface area contributed by atoms with Gasteiger partial charge < -0.3 is 25.4 Å². The molecule has 0 spiro atoms. The fourth-order valence-corrected chi connectivity index (χ4v) is 4.21. The third-order valence-electron chi connectivity index (χ3n) is 5.86. The van der Waals surface area contributed by atoms with Crippen molar-refractivity contribution in [2.45, 2.75) is 18.9 Å². The highest BCUT2D eigenvalue weighted by atomic mass is 35.5. The predicted octanol–water partition coefficient (Wildman–Crippen LogP) is 4.74. The number of methoxy groups -OCH3 is 2. The molecule has 2 aromatic carbocycles. The van der Waals surface area contributed by atoms with E-state index < -0.39 is 5.82 Å². The summed E-state index contributed by atoms with van der Waals surface area (Å²) >= 11 is 5.89. The summed E-state index contributed by atoms with van der Waals surface area (Å²) in [5.74, 6) is 0.311. The zero-order chi connectivity index (χ0) is 24.2. The van der Waals surface area contributed by atoms with Crippen LogP contribution in [-0.2, 0) is 0 Å². The van der Waals surface area contributed by atoms with E-state index in [1.54, 1.807) is 26.5 Å². The van der Waals surface area contributed by atoms with Crippen LogP contribution in [0.5, 0.6) is 11.5 Å². The van der Waals surface area contributed by atoms with E-state index in [-0.39, 0.29) is 17.0 Å². The molecule has 0 saturated carbocycles. The summed E-state index contributed by atoms with van der Waals surface area (Å²) in [6.45, 7) is 1.39. The summed E-state index contributed by atoms with van der Waals surface area (Å²) in [7, 11) is 3.17. The Labute approximate surface area is 202 Å². The van der Waals surface area contributed by atoms with Gasteiger partial charge >= 0.3 is 0 Å². The summed E-state index contributed by atoms with van der Waals surface area (Å²) in [6, 6.07) is 9.70. The molecule has 7 nitrogen and oxygen atoms in total. The van der Waals surface area contributed by atoms with Gasteiger partial charge in [0, 0.05) is 48.8 Å². The van der Waals surface area contributed by atoms with Crippen LogP contribution < -0.4 is 25.4 Å². The van der Waals surface area contributed by atoms with Crippen molar-refractivity contribution in [1.29, 1.82) is 0 Å². The number of piperidine rings is 1. The summed E-state index contributed by atoms with van der Waals surface area (Å²) in [4.78, 5) is 19.9. The van der Waals surface area contributed by atoms with Gasteiger partial charge in [-0.15, -0.1) is 0 Å². The molecule has 0 bridgehead atoms. The lowest BCUT2D eigenvalue weighted by atomic mass is 9.98. The monoisotopic (exact) mass is 484 g/mol. The number of carbonyl (C=O) groups is 1. The molecule has 9 heteroatoms. The van der Waals surface area contributed by atoms with Gasteiger partial charge in [0.15, 0.2) is 0 Å². The molecule has 1 amide bonds. The summed E-state index contributed by atoms with van der Waals surface area (Å²) in [6.07, 6.45) is 4.87. The van der Waals surface area contributed by atoms with Gasteiger partial charge in [-0.25, -0.2) is 4.39 Å². The van der Waals surface area contributed by atoms with Gasteiger partial charge in [0.1, 0.15) is 17.3 Å². The number of halogens is 2. The zero-order valence-corrected chi connectivity index (χ0v) is 19.7. The van der Waals surface area contributed by atoms with E-state index in [1.165, 1.54) is 24.4 Å². The van der Waals surface area contributed by atoms with Crippen LogP contribution in [0.2, 0.25) is 5.02 Å². The third kappa shape index (κ3) is 5.08. The first-order valence-corrected chi connectivity index (χ1v) is 11.3. The molecule has 4 rings (SSSR count). The van der Waals surface area contributed by atoms with Crippen molar-refractivity contribution >= 4 is 28.9 Å². The second kappa shape index (κ2) is 10.3. The maximum absolute atomic E-state index is 13.6. The Hall–Kier alpha value is -3.36. The van der Waals surface area contributed by atoms with E-state index >= 15 is 0 Å². The van der Waals surface area contributed by atoms with Gasteiger partial charge in [-0.05, 0) is 48.7 Å². The largest absolute Gasteiger partial charge is 0.497 e. The molecule has 34 heavy (non-hydrogen) atoms. The number of benzene rings is 2. The van der Waals surface area contributed by atoms with Gasteiger partial charge in [-0.2, -0.15) is 0 Å². The van der Waals surface area contributed by atoms with Crippen LogP contribution in [0.4, 0.5) is 15.8 Å². The first kappa shape index (κ1) is 23.8. The second-order valence-corrected chi connectivity index (χ2v) is 8.50. The Morgan fingerprint density at radius 1 is 1.12 bits per heavy atom. The molecule has 3 N–H and O–H groups in total. The standard InChI is InChI=1S/C25H26ClFN4O3/c1-33-18-9-15(10-19(12-18)34-2)20-13-29-14-21(24(20)31-7-5-16(28)6-8-31)25(32)30-17-3-4-23(27)22(26)11-17/h3-4,9-14,16H,5-8,28H2,1-2H3,(H,30,32). The molecule has 0 aliphatic carbocycles. The van der Waals surface area contributed by atoms with Crippen LogP contribution in [0.1, 0.15) is 23.2 Å². The number of rotatable bonds is 6. The van der Waals surface area contributed by atoms with Crippen molar-refractivity contribution in [3.8, 4) is 22.6 Å². The molecule has 0 atom stereocenters. The highest BCUT2D eigenvalue weighted by Crippen LogP contribution is 2.38. The number of amides is 1. The summed E-state index contributed by atoms with van der Waals surface area (Å²) in [5.41, 5.74) is 9.20. The van der Waals surface area contributed by atoms with Crippen LogP contribution in [0.3, 0.4) is 0 Å². The van der Waals surface area contributed by atoms with Crippen molar-refractivity contribution < 1.29 is 18.7 Å². The number of nitrogens with zero attached hydrogens (tertiary/aromatic N) is 2. The van der Waals surface area contributed by atoms with E-state index in [4.69, 9.17) is 26.8 Å². The third-order valence-corrected chi connectivity index (χ3v) is 6.15. The Kier molecular flexibility index (Phi) is 7.19. The molecule has 1 saturated heterocycles. The fraction of sp³-hybridized carbons (Fsp3) is 0.280. The number of nitrogens with two attached hydrogens (primary N) is 1. The van der Waals surface area contributed by atoms with Crippen LogP contribution >= 0.6 is 11.6 Å². The number of anilines is 2. The fourth-order valence-electron chi connectivity index (χ4n) is 4.03. The van der Waals surface area contributed by atoms with Crippen molar-refractivity contribution in [3.63, 3.8) is 0 Å². The average molecular weight is 485 g/mol. The van der Waals surface area contributed by atoms with Crippen LogP contribution in [-0.4, -0.2) is 44.2 Å². The molecule has 1 aliphatic heterocycles. The SMILES string of the molecule is COc1cc(OC)cc(-c2cncc(C(=O)Nc3ccc(F)c(Cl)c3)c2N2CCC(N)CC2)c1. The lowest BCUT2D eigenvalue weighted by Crippen LogP contribution is -2.40. The quantitative estimate of drug-likeness (QED) is 0.525. The van der Waals surface area contributed by atoms with Gasteiger partial charge in [-0.3, -0.25) is 9.78 Å². The van der Waals surface area contributed by atoms with Crippen molar-refractivity contribution in [2.75, 3.05) is 37.5 Å². The Morgan fingerprint density at radius 3 is 2.41 bits per heavy atom. The minimum absolute atomic E-state index is 0.0709. The minimum Gasteiger partial charge on any atom is -0.497 e. The summed E-state index contributed by atoms with van der Waals surface area (Å²) in [5, 5.41) is 2.74. The number of hydrogen-bond acceptors (Lipinski definition) is 6. The first-order valence-electron chi connectivity index (χ1n) is 10.9. The molecule has 2 heterocycles. The molecule has 0 unspecified atom stereocenters. The van der Waals surface area contributed by atoms with E-state index in [9.17, 15) is 9.18 Å². The molecule has 3 aromatic rings. The van der Waals surface area contributed by atoms with Gasteiger partial charge in [0.05, 0.1) is 30.5 Å². The normalized spacial score (nSPS) is 14.1. The van der Waals surface area contributed by atoms with E-state index in [2.05, 4.69) is 15.2 Å². The smallest absolute Gasteiger partial charge is 0.259 e. The van der Waals surface area contributed by atoms with E-state index in [1.807, 2.05) is 12.1 Å². The number of hydrogen-bond donors (Lipinski definition) is 2. The number of carbonyl (C=O) groups excluding carboxylic acids is 1. The molecular weight excluding hydrogens is 459 g/mol. The number of ether oxygens (including phenoxy) is 2.